The molecule has 6 heteroatoms. The summed E-state index contributed by atoms with van der Waals surface area (Å²) in [7, 11) is 0. The monoisotopic (exact) mass is 363 g/mol. The first-order valence-electron chi connectivity index (χ1n) is 8.15. The number of benzene rings is 1. The lowest BCUT2D eigenvalue weighted by Crippen LogP contribution is -2.32. The molecule has 0 bridgehead atoms. The SMILES string of the molecule is CCC(C)OC(=O)C1=C(C)NC(C)=C(C(=O)O)C1c1ccccc1Cl. The number of allylic oxidation sites excluding steroid dienone is 2. The van der Waals surface area contributed by atoms with Crippen molar-refractivity contribution in [3.05, 3.63) is 57.4 Å². The standard InChI is InChI=1S/C19H22ClNO4/c1-5-10(2)25-19(24)16-12(4)21-11(3)15(18(22)23)17(16)13-8-6-7-9-14(13)20/h6-10,17,21H,5H2,1-4H3,(H,22,23). The van der Waals surface area contributed by atoms with Crippen molar-refractivity contribution in [2.75, 3.05) is 0 Å². The van der Waals surface area contributed by atoms with Gasteiger partial charge in [-0.2, -0.15) is 0 Å². The molecule has 1 aromatic rings. The number of halogens is 1. The third-order valence-corrected chi connectivity index (χ3v) is 4.65. The molecule has 2 atom stereocenters. The summed E-state index contributed by atoms with van der Waals surface area (Å²) in [6, 6.07) is 6.95. The molecule has 134 valence electrons. The van der Waals surface area contributed by atoms with E-state index >= 15 is 0 Å². The van der Waals surface area contributed by atoms with Gasteiger partial charge in [0, 0.05) is 16.4 Å². The Kier molecular flexibility index (Phi) is 5.90. The van der Waals surface area contributed by atoms with Gasteiger partial charge in [0.1, 0.15) is 0 Å². The van der Waals surface area contributed by atoms with Crippen molar-refractivity contribution in [2.45, 2.75) is 46.1 Å². The van der Waals surface area contributed by atoms with Crippen LogP contribution in [-0.2, 0) is 14.3 Å². The first-order chi connectivity index (χ1) is 11.8. The topological polar surface area (TPSA) is 75.6 Å². The van der Waals surface area contributed by atoms with Gasteiger partial charge < -0.3 is 15.2 Å². The number of carboxylic acid groups (broad SMARTS) is 1. The molecular weight excluding hydrogens is 342 g/mol. The fourth-order valence-corrected chi connectivity index (χ4v) is 3.14. The number of carbonyl (C=O) groups is 2. The first kappa shape index (κ1) is 19.1. The molecule has 2 N–H and O–H groups in total. The Bertz CT molecular complexity index is 766. The lowest BCUT2D eigenvalue weighted by atomic mass is 9.80. The molecule has 0 saturated heterocycles. The summed E-state index contributed by atoms with van der Waals surface area (Å²) in [6.07, 6.45) is 0.406. The molecular formula is C19H22ClNO4. The molecule has 1 aliphatic rings. The van der Waals surface area contributed by atoms with E-state index in [0.29, 0.717) is 28.4 Å². The minimum absolute atomic E-state index is 0.0924. The Hall–Kier alpha value is -2.27. The first-order valence-corrected chi connectivity index (χ1v) is 8.52. The van der Waals surface area contributed by atoms with Gasteiger partial charge in [0.2, 0.25) is 0 Å². The Morgan fingerprint density at radius 2 is 1.84 bits per heavy atom. The second-order valence-electron chi connectivity index (χ2n) is 6.09. The van der Waals surface area contributed by atoms with Crippen LogP contribution in [-0.4, -0.2) is 23.1 Å². The summed E-state index contributed by atoms with van der Waals surface area (Å²) in [5.74, 6) is -2.42. The molecule has 2 unspecified atom stereocenters. The number of hydrogen-bond donors (Lipinski definition) is 2. The van der Waals surface area contributed by atoms with Gasteiger partial charge in [-0.25, -0.2) is 9.59 Å². The number of carbonyl (C=O) groups excluding carboxylic acids is 1. The number of esters is 1. The van der Waals surface area contributed by atoms with Gasteiger partial charge in [-0.3, -0.25) is 0 Å². The lowest BCUT2D eigenvalue weighted by Gasteiger charge is -2.30. The minimum Gasteiger partial charge on any atom is -0.478 e. The van der Waals surface area contributed by atoms with E-state index in [4.69, 9.17) is 16.3 Å². The maximum Gasteiger partial charge on any atom is 0.337 e. The zero-order valence-electron chi connectivity index (χ0n) is 14.7. The average molecular weight is 364 g/mol. The predicted molar refractivity (Wildman–Crippen MR) is 96.2 cm³/mol. The smallest absolute Gasteiger partial charge is 0.337 e. The molecule has 5 nitrogen and oxygen atoms in total. The number of ether oxygens (including phenoxy) is 1. The highest BCUT2D eigenvalue weighted by atomic mass is 35.5. The highest BCUT2D eigenvalue weighted by Gasteiger charge is 2.38. The van der Waals surface area contributed by atoms with E-state index < -0.39 is 17.9 Å². The summed E-state index contributed by atoms with van der Waals surface area (Å²) in [6.45, 7) is 7.12. The highest BCUT2D eigenvalue weighted by molar-refractivity contribution is 6.31. The molecule has 1 heterocycles. The number of hydrogen-bond acceptors (Lipinski definition) is 4. The van der Waals surface area contributed by atoms with Crippen molar-refractivity contribution >= 4 is 23.5 Å². The highest BCUT2D eigenvalue weighted by Crippen LogP contribution is 2.41. The summed E-state index contributed by atoms with van der Waals surface area (Å²) >= 11 is 6.32. The Labute approximate surface area is 152 Å². The van der Waals surface area contributed by atoms with E-state index in [1.165, 1.54) is 0 Å². The summed E-state index contributed by atoms with van der Waals surface area (Å²) in [5, 5.41) is 13.1. The van der Waals surface area contributed by atoms with Crippen molar-refractivity contribution < 1.29 is 19.4 Å². The van der Waals surface area contributed by atoms with Crippen LogP contribution >= 0.6 is 11.6 Å². The molecule has 1 aromatic carbocycles. The van der Waals surface area contributed by atoms with E-state index in [0.717, 1.165) is 0 Å². The summed E-state index contributed by atoms with van der Waals surface area (Å²) in [4.78, 5) is 24.7. The fourth-order valence-electron chi connectivity index (χ4n) is 2.90. The van der Waals surface area contributed by atoms with Gasteiger partial charge in [-0.05, 0) is 38.8 Å². The van der Waals surface area contributed by atoms with Crippen LogP contribution in [0.4, 0.5) is 0 Å². The van der Waals surface area contributed by atoms with Crippen LogP contribution < -0.4 is 5.32 Å². The Morgan fingerprint density at radius 3 is 2.40 bits per heavy atom. The van der Waals surface area contributed by atoms with E-state index in [1.54, 1.807) is 45.0 Å². The van der Waals surface area contributed by atoms with Gasteiger partial charge in [-0.15, -0.1) is 0 Å². The van der Waals surface area contributed by atoms with E-state index in [1.807, 2.05) is 6.92 Å². The van der Waals surface area contributed by atoms with E-state index in [9.17, 15) is 14.7 Å². The van der Waals surface area contributed by atoms with Crippen LogP contribution in [0.15, 0.2) is 46.8 Å². The van der Waals surface area contributed by atoms with Crippen LogP contribution in [0.1, 0.15) is 45.6 Å². The minimum atomic E-state index is -1.10. The Balaban J connectivity index is 2.62. The largest absolute Gasteiger partial charge is 0.478 e. The second kappa shape index (κ2) is 7.74. The fraction of sp³-hybridized carbons (Fsp3) is 0.368. The normalized spacial score (nSPS) is 18.7. The molecule has 2 rings (SSSR count). The molecule has 0 amide bonds. The third-order valence-electron chi connectivity index (χ3n) is 4.31. The van der Waals surface area contributed by atoms with Crippen molar-refractivity contribution in [1.82, 2.24) is 5.32 Å². The van der Waals surface area contributed by atoms with Gasteiger partial charge in [0.05, 0.1) is 23.2 Å². The zero-order valence-corrected chi connectivity index (χ0v) is 15.5. The molecule has 0 radical (unpaired) electrons. The maximum absolute atomic E-state index is 12.8. The zero-order chi connectivity index (χ0) is 18.7. The number of aliphatic carboxylic acids is 1. The predicted octanol–water partition coefficient (Wildman–Crippen LogP) is 4.00. The Morgan fingerprint density at radius 1 is 1.24 bits per heavy atom. The average Bonchev–Trinajstić information content (AvgIpc) is 2.53. The van der Waals surface area contributed by atoms with Crippen molar-refractivity contribution in [2.24, 2.45) is 0 Å². The van der Waals surface area contributed by atoms with Crippen molar-refractivity contribution in [1.29, 1.82) is 0 Å². The molecule has 0 aromatic heterocycles. The van der Waals surface area contributed by atoms with Crippen LogP contribution in [0.3, 0.4) is 0 Å². The lowest BCUT2D eigenvalue weighted by molar-refractivity contribution is -0.144. The van der Waals surface area contributed by atoms with E-state index in [-0.39, 0.29) is 17.3 Å². The quantitative estimate of drug-likeness (QED) is 0.773. The van der Waals surface area contributed by atoms with Crippen LogP contribution in [0, 0.1) is 0 Å². The van der Waals surface area contributed by atoms with Gasteiger partial charge in [0.25, 0.3) is 0 Å². The summed E-state index contributed by atoms with van der Waals surface area (Å²) in [5.41, 5.74) is 1.99. The molecule has 0 fully saturated rings. The molecule has 0 aliphatic carbocycles. The van der Waals surface area contributed by atoms with Crippen LogP contribution in [0.25, 0.3) is 0 Å². The van der Waals surface area contributed by atoms with Crippen LogP contribution in [0.5, 0.6) is 0 Å². The van der Waals surface area contributed by atoms with Gasteiger partial charge in [-0.1, -0.05) is 36.7 Å². The number of nitrogens with one attached hydrogen (secondary N) is 1. The molecule has 0 spiro atoms. The maximum atomic E-state index is 12.8. The molecule has 0 saturated carbocycles. The molecule has 25 heavy (non-hydrogen) atoms. The second-order valence-corrected chi connectivity index (χ2v) is 6.49. The number of dihydropyridines is 1. The van der Waals surface area contributed by atoms with E-state index in [2.05, 4.69) is 5.32 Å². The molecule has 1 aliphatic heterocycles. The summed E-state index contributed by atoms with van der Waals surface area (Å²) < 4.78 is 5.47. The van der Waals surface area contributed by atoms with Gasteiger partial charge >= 0.3 is 11.9 Å². The number of carboxylic acids is 1. The van der Waals surface area contributed by atoms with Crippen molar-refractivity contribution in [3.8, 4) is 0 Å². The van der Waals surface area contributed by atoms with Crippen molar-refractivity contribution in [3.63, 3.8) is 0 Å². The number of rotatable bonds is 5. The van der Waals surface area contributed by atoms with Crippen LogP contribution in [0.2, 0.25) is 5.02 Å². The third kappa shape index (κ3) is 3.87. The van der Waals surface area contributed by atoms with Gasteiger partial charge in [0.15, 0.2) is 0 Å².